The van der Waals surface area contributed by atoms with Crippen molar-refractivity contribution in [2.75, 3.05) is 37.8 Å². The molecule has 0 aliphatic rings. The quantitative estimate of drug-likeness (QED) is 0.752. The zero-order chi connectivity index (χ0) is 18.4. The molecule has 134 valence electrons. The summed E-state index contributed by atoms with van der Waals surface area (Å²) in [6, 6.07) is 4.82. The third-order valence-electron chi connectivity index (χ3n) is 3.36. The van der Waals surface area contributed by atoms with E-state index in [1.807, 2.05) is 14.1 Å². The highest BCUT2D eigenvalue weighted by Gasteiger charge is 2.15. The molecule has 0 bridgehead atoms. The Kier molecular flexibility index (Phi) is 6.35. The summed E-state index contributed by atoms with van der Waals surface area (Å²) in [5, 5.41) is 5.33. The second kappa shape index (κ2) is 8.48. The van der Waals surface area contributed by atoms with Crippen molar-refractivity contribution in [1.29, 1.82) is 0 Å². The Morgan fingerprint density at radius 1 is 1.20 bits per heavy atom. The van der Waals surface area contributed by atoms with E-state index in [-0.39, 0.29) is 5.69 Å². The van der Waals surface area contributed by atoms with E-state index >= 15 is 0 Å². The summed E-state index contributed by atoms with van der Waals surface area (Å²) in [5.74, 6) is -1.52. The van der Waals surface area contributed by atoms with Gasteiger partial charge in [0.25, 0.3) is 5.91 Å². The molecule has 0 fully saturated rings. The first-order valence-corrected chi connectivity index (χ1v) is 7.86. The second-order valence-corrected chi connectivity index (χ2v) is 5.82. The smallest absolute Gasteiger partial charge is 0.274 e. The maximum Gasteiger partial charge on any atom is 0.274 e. The van der Waals surface area contributed by atoms with Gasteiger partial charge in [-0.3, -0.25) is 4.79 Å². The number of aromatic nitrogens is 2. The SMILES string of the molecule is Cc1nc(NCCCN(C)C)cc(C(=O)Nc2c(F)cccc2F)n1. The summed E-state index contributed by atoms with van der Waals surface area (Å²) < 4.78 is 27.3. The van der Waals surface area contributed by atoms with Gasteiger partial charge in [-0.15, -0.1) is 0 Å². The molecule has 0 spiro atoms. The third kappa shape index (κ3) is 5.46. The van der Waals surface area contributed by atoms with Gasteiger partial charge >= 0.3 is 0 Å². The summed E-state index contributed by atoms with van der Waals surface area (Å²) >= 11 is 0. The van der Waals surface area contributed by atoms with Crippen molar-refractivity contribution >= 4 is 17.4 Å². The molecule has 0 aliphatic carbocycles. The topological polar surface area (TPSA) is 70.2 Å². The van der Waals surface area contributed by atoms with Crippen molar-refractivity contribution in [3.8, 4) is 0 Å². The maximum absolute atomic E-state index is 13.7. The molecule has 1 aromatic carbocycles. The fourth-order valence-corrected chi connectivity index (χ4v) is 2.18. The van der Waals surface area contributed by atoms with E-state index in [4.69, 9.17) is 0 Å². The maximum atomic E-state index is 13.7. The average molecular weight is 349 g/mol. The van der Waals surface area contributed by atoms with Crippen LogP contribution in [0.3, 0.4) is 0 Å². The minimum absolute atomic E-state index is 0.0327. The number of anilines is 2. The summed E-state index contributed by atoms with van der Waals surface area (Å²) in [5.41, 5.74) is -0.463. The van der Waals surface area contributed by atoms with Crippen molar-refractivity contribution in [2.45, 2.75) is 13.3 Å². The number of hydrogen-bond donors (Lipinski definition) is 2. The van der Waals surface area contributed by atoms with Crippen LogP contribution in [0.15, 0.2) is 24.3 Å². The van der Waals surface area contributed by atoms with E-state index in [0.717, 1.165) is 25.1 Å². The molecule has 0 atom stereocenters. The number of aryl methyl sites for hydroxylation is 1. The van der Waals surface area contributed by atoms with Gasteiger partial charge < -0.3 is 15.5 Å². The molecule has 8 heteroatoms. The molecule has 25 heavy (non-hydrogen) atoms. The summed E-state index contributed by atoms with van der Waals surface area (Å²) in [6.45, 7) is 3.24. The number of amides is 1. The van der Waals surface area contributed by atoms with Crippen molar-refractivity contribution < 1.29 is 13.6 Å². The van der Waals surface area contributed by atoms with Crippen LogP contribution in [-0.2, 0) is 0 Å². The van der Waals surface area contributed by atoms with Crippen molar-refractivity contribution in [1.82, 2.24) is 14.9 Å². The molecule has 0 aliphatic heterocycles. The molecule has 6 nitrogen and oxygen atoms in total. The minimum atomic E-state index is -0.846. The van der Waals surface area contributed by atoms with E-state index in [1.54, 1.807) is 6.92 Å². The van der Waals surface area contributed by atoms with E-state index in [9.17, 15) is 13.6 Å². The van der Waals surface area contributed by atoms with Gasteiger partial charge in [0, 0.05) is 12.6 Å². The Morgan fingerprint density at radius 3 is 2.52 bits per heavy atom. The van der Waals surface area contributed by atoms with Crippen LogP contribution in [0.1, 0.15) is 22.7 Å². The van der Waals surface area contributed by atoms with Crippen LogP contribution in [0, 0.1) is 18.6 Å². The lowest BCUT2D eigenvalue weighted by Crippen LogP contribution is -2.19. The molecule has 2 rings (SSSR count). The highest BCUT2D eigenvalue weighted by molar-refractivity contribution is 6.03. The van der Waals surface area contributed by atoms with Crippen molar-refractivity contribution in [3.63, 3.8) is 0 Å². The Bertz CT molecular complexity index is 732. The number of para-hydroxylation sites is 1. The van der Waals surface area contributed by atoms with Gasteiger partial charge in [-0.2, -0.15) is 0 Å². The van der Waals surface area contributed by atoms with E-state index in [1.165, 1.54) is 12.1 Å². The van der Waals surface area contributed by atoms with Gasteiger partial charge in [-0.1, -0.05) is 6.07 Å². The largest absolute Gasteiger partial charge is 0.370 e. The Labute approximate surface area is 145 Å². The van der Waals surface area contributed by atoms with Gasteiger partial charge in [0.2, 0.25) is 0 Å². The number of nitrogens with one attached hydrogen (secondary N) is 2. The third-order valence-corrected chi connectivity index (χ3v) is 3.36. The summed E-state index contributed by atoms with van der Waals surface area (Å²) in [6.07, 6.45) is 0.901. The molecule has 0 saturated heterocycles. The lowest BCUT2D eigenvalue weighted by Gasteiger charge is -2.11. The monoisotopic (exact) mass is 349 g/mol. The summed E-state index contributed by atoms with van der Waals surface area (Å²) in [7, 11) is 3.97. The number of nitrogens with zero attached hydrogens (tertiary/aromatic N) is 3. The van der Waals surface area contributed by atoms with Gasteiger partial charge in [-0.25, -0.2) is 18.7 Å². The average Bonchev–Trinajstić information content (AvgIpc) is 2.54. The van der Waals surface area contributed by atoms with E-state index < -0.39 is 23.2 Å². The van der Waals surface area contributed by atoms with Crippen LogP contribution >= 0.6 is 0 Å². The highest BCUT2D eigenvalue weighted by atomic mass is 19.1. The van der Waals surface area contributed by atoms with Crippen molar-refractivity contribution in [3.05, 3.63) is 47.4 Å². The highest BCUT2D eigenvalue weighted by Crippen LogP contribution is 2.19. The molecule has 0 saturated carbocycles. The molecule has 2 N–H and O–H groups in total. The molecular weight excluding hydrogens is 328 g/mol. The number of hydrogen-bond acceptors (Lipinski definition) is 5. The Balaban J connectivity index is 2.09. The normalized spacial score (nSPS) is 10.8. The zero-order valence-electron chi connectivity index (χ0n) is 14.4. The van der Waals surface area contributed by atoms with Gasteiger partial charge in [0.1, 0.15) is 34.7 Å². The Hall–Kier alpha value is -2.61. The van der Waals surface area contributed by atoms with Crippen LogP contribution in [0.5, 0.6) is 0 Å². The van der Waals surface area contributed by atoms with E-state index in [2.05, 4.69) is 25.5 Å². The molecule has 1 aromatic heterocycles. The van der Waals surface area contributed by atoms with Crippen LogP contribution < -0.4 is 10.6 Å². The first-order chi connectivity index (χ1) is 11.9. The number of carbonyl (C=O) groups is 1. The lowest BCUT2D eigenvalue weighted by atomic mass is 10.2. The molecule has 2 aromatic rings. The molecular formula is C17H21F2N5O. The van der Waals surface area contributed by atoms with Crippen LogP contribution in [0.4, 0.5) is 20.3 Å². The number of halogens is 2. The van der Waals surface area contributed by atoms with E-state index in [0.29, 0.717) is 18.2 Å². The minimum Gasteiger partial charge on any atom is -0.370 e. The van der Waals surface area contributed by atoms with Crippen molar-refractivity contribution in [2.24, 2.45) is 0 Å². The summed E-state index contributed by atoms with van der Waals surface area (Å²) in [4.78, 5) is 22.6. The van der Waals surface area contributed by atoms with Crippen LogP contribution in [0.25, 0.3) is 0 Å². The van der Waals surface area contributed by atoms with Crippen LogP contribution in [0.2, 0.25) is 0 Å². The standard InChI is InChI=1S/C17H21F2N5O/c1-11-21-14(10-15(22-11)20-8-5-9-24(2)3)17(25)23-16-12(18)6-4-7-13(16)19/h4,6-7,10H,5,8-9H2,1-3H3,(H,23,25)(H,20,21,22). The first kappa shape index (κ1) is 18.7. The number of benzene rings is 1. The predicted molar refractivity (Wildman–Crippen MR) is 92.7 cm³/mol. The fraction of sp³-hybridized carbons (Fsp3) is 0.353. The molecule has 0 radical (unpaired) electrons. The zero-order valence-corrected chi connectivity index (χ0v) is 14.4. The lowest BCUT2D eigenvalue weighted by molar-refractivity contribution is 0.102. The van der Waals surface area contributed by atoms with Gasteiger partial charge in [0.15, 0.2) is 0 Å². The first-order valence-electron chi connectivity index (χ1n) is 7.86. The second-order valence-electron chi connectivity index (χ2n) is 5.82. The molecule has 0 unspecified atom stereocenters. The van der Waals surface area contributed by atoms with Crippen LogP contribution in [-0.4, -0.2) is 48.0 Å². The number of rotatable bonds is 7. The van der Waals surface area contributed by atoms with Gasteiger partial charge in [0.05, 0.1) is 0 Å². The Morgan fingerprint density at radius 2 is 1.88 bits per heavy atom. The predicted octanol–water partition coefficient (Wildman–Crippen LogP) is 2.68. The molecule has 1 amide bonds. The van der Waals surface area contributed by atoms with Gasteiger partial charge in [-0.05, 0) is 46.1 Å². The fourth-order valence-electron chi connectivity index (χ4n) is 2.18. The molecule has 1 heterocycles. The number of carbonyl (C=O) groups excluding carboxylic acids is 1.